The van der Waals surface area contributed by atoms with Crippen LogP contribution in [0.15, 0.2) is 51.7 Å². The molecule has 4 heteroatoms. The van der Waals surface area contributed by atoms with Crippen LogP contribution in [0.5, 0.6) is 5.75 Å². The van der Waals surface area contributed by atoms with E-state index >= 15 is 0 Å². The van der Waals surface area contributed by atoms with Gasteiger partial charge in [0, 0.05) is 17.3 Å². The SMILES string of the molecule is COc1ccc(-c2cc(=O)oc3ccc(C)nc23)cc1. The smallest absolute Gasteiger partial charge is 0.336 e. The van der Waals surface area contributed by atoms with Crippen LogP contribution in [0.1, 0.15) is 5.69 Å². The largest absolute Gasteiger partial charge is 0.497 e. The monoisotopic (exact) mass is 267 g/mol. The number of ether oxygens (including phenoxy) is 1. The third-order valence-electron chi connectivity index (χ3n) is 3.13. The normalized spacial score (nSPS) is 10.7. The van der Waals surface area contributed by atoms with Gasteiger partial charge in [-0.05, 0) is 36.8 Å². The molecule has 0 bridgehead atoms. The molecule has 0 saturated carbocycles. The number of pyridine rings is 1. The molecule has 0 amide bonds. The molecule has 0 spiro atoms. The Morgan fingerprint density at radius 1 is 1.10 bits per heavy atom. The maximum atomic E-state index is 11.7. The van der Waals surface area contributed by atoms with Crippen LogP contribution in [0.25, 0.3) is 22.2 Å². The molecule has 0 aliphatic heterocycles. The van der Waals surface area contributed by atoms with Crippen LogP contribution in [0, 0.1) is 6.92 Å². The van der Waals surface area contributed by atoms with Crippen LogP contribution in [-0.4, -0.2) is 12.1 Å². The molecule has 2 heterocycles. The summed E-state index contributed by atoms with van der Waals surface area (Å²) in [6.07, 6.45) is 0. The molecule has 0 unspecified atom stereocenters. The first kappa shape index (κ1) is 12.4. The van der Waals surface area contributed by atoms with Gasteiger partial charge in [0.2, 0.25) is 0 Å². The average Bonchev–Trinajstić information content (AvgIpc) is 2.47. The molecule has 20 heavy (non-hydrogen) atoms. The van der Waals surface area contributed by atoms with E-state index in [0.717, 1.165) is 22.6 Å². The number of hydrogen-bond donors (Lipinski definition) is 0. The predicted octanol–water partition coefficient (Wildman–Crippen LogP) is 3.17. The van der Waals surface area contributed by atoms with Crippen molar-refractivity contribution >= 4 is 11.1 Å². The van der Waals surface area contributed by atoms with Gasteiger partial charge in [-0.1, -0.05) is 12.1 Å². The first-order valence-corrected chi connectivity index (χ1v) is 6.23. The molecule has 3 aromatic rings. The highest BCUT2D eigenvalue weighted by Crippen LogP contribution is 2.27. The van der Waals surface area contributed by atoms with Crippen molar-refractivity contribution in [2.24, 2.45) is 0 Å². The second-order valence-corrected chi connectivity index (χ2v) is 4.51. The Balaban J connectivity index is 2.28. The van der Waals surface area contributed by atoms with Gasteiger partial charge in [-0.3, -0.25) is 0 Å². The van der Waals surface area contributed by atoms with Gasteiger partial charge in [-0.15, -0.1) is 0 Å². The lowest BCUT2D eigenvalue weighted by Gasteiger charge is -2.06. The van der Waals surface area contributed by atoms with Gasteiger partial charge in [0.15, 0.2) is 5.58 Å². The second kappa shape index (κ2) is 4.81. The molecular weight excluding hydrogens is 254 g/mol. The minimum atomic E-state index is -0.381. The first-order valence-electron chi connectivity index (χ1n) is 6.23. The Morgan fingerprint density at radius 2 is 1.85 bits per heavy atom. The number of rotatable bonds is 2. The Hall–Kier alpha value is -2.62. The van der Waals surface area contributed by atoms with Gasteiger partial charge >= 0.3 is 5.63 Å². The quantitative estimate of drug-likeness (QED) is 0.715. The fourth-order valence-electron chi connectivity index (χ4n) is 2.13. The summed E-state index contributed by atoms with van der Waals surface area (Å²) >= 11 is 0. The molecule has 0 radical (unpaired) electrons. The van der Waals surface area contributed by atoms with Crippen molar-refractivity contribution in [3.63, 3.8) is 0 Å². The van der Waals surface area contributed by atoms with Crippen molar-refractivity contribution in [3.05, 3.63) is 58.6 Å². The van der Waals surface area contributed by atoms with Crippen molar-refractivity contribution in [3.8, 4) is 16.9 Å². The van der Waals surface area contributed by atoms with E-state index in [1.165, 1.54) is 6.07 Å². The average molecular weight is 267 g/mol. The molecule has 0 aliphatic carbocycles. The summed E-state index contributed by atoms with van der Waals surface area (Å²) in [6.45, 7) is 1.91. The Morgan fingerprint density at radius 3 is 2.55 bits per heavy atom. The molecule has 0 fully saturated rings. The molecule has 0 aliphatic rings. The number of aryl methyl sites for hydroxylation is 1. The van der Waals surface area contributed by atoms with Gasteiger partial charge in [-0.25, -0.2) is 9.78 Å². The molecular formula is C16H13NO3. The van der Waals surface area contributed by atoms with Crippen LogP contribution < -0.4 is 10.4 Å². The fourth-order valence-corrected chi connectivity index (χ4v) is 2.13. The van der Waals surface area contributed by atoms with E-state index in [4.69, 9.17) is 9.15 Å². The summed E-state index contributed by atoms with van der Waals surface area (Å²) in [6, 6.07) is 12.6. The third-order valence-corrected chi connectivity index (χ3v) is 3.13. The summed E-state index contributed by atoms with van der Waals surface area (Å²) in [7, 11) is 1.62. The molecule has 0 atom stereocenters. The van der Waals surface area contributed by atoms with Crippen LogP contribution in [-0.2, 0) is 0 Å². The highest BCUT2D eigenvalue weighted by molar-refractivity contribution is 5.89. The molecule has 100 valence electrons. The lowest BCUT2D eigenvalue weighted by Crippen LogP contribution is -1.99. The van der Waals surface area contributed by atoms with Crippen molar-refractivity contribution in [2.45, 2.75) is 6.92 Å². The van der Waals surface area contributed by atoms with E-state index in [1.807, 2.05) is 37.3 Å². The van der Waals surface area contributed by atoms with Crippen LogP contribution in [0.3, 0.4) is 0 Å². The molecule has 4 nitrogen and oxygen atoms in total. The zero-order valence-corrected chi connectivity index (χ0v) is 11.2. The van der Waals surface area contributed by atoms with Crippen LogP contribution in [0.4, 0.5) is 0 Å². The van der Waals surface area contributed by atoms with Crippen LogP contribution in [0.2, 0.25) is 0 Å². The zero-order chi connectivity index (χ0) is 14.1. The molecule has 3 rings (SSSR count). The van der Waals surface area contributed by atoms with Gasteiger partial charge in [0.1, 0.15) is 11.3 Å². The number of methoxy groups -OCH3 is 1. The number of fused-ring (bicyclic) bond motifs is 1. The maximum absolute atomic E-state index is 11.7. The summed E-state index contributed by atoms with van der Waals surface area (Å²) in [5.41, 5.74) is 3.35. The summed E-state index contributed by atoms with van der Waals surface area (Å²) < 4.78 is 10.3. The Labute approximate surface area is 115 Å². The highest BCUT2D eigenvalue weighted by Gasteiger charge is 2.09. The summed E-state index contributed by atoms with van der Waals surface area (Å²) in [4.78, 5) is 16.1. The summed E-state index contributed by atoms with van der Waals surface area (Å²) in [5, 5.41) is 0. The molecule has 0 saturated heterocycles. The fraction of sp³-hybridized carbons (Fsp3) is 0.125. The molecule has 2 aromatic heterocycles. The second-order valence-electron chi connectivity index (χ2n) is 4.51. The van der Waals surface area contributed by atoms with E-state index in [9.17, 15) is 4.79 Å². The predicted molar refractivity (Wildman–Crippen MR) is 77.0 cm³/mol. The molecule has 0 N–H and O–H groups in total. The van der Waals surface area contributed by atoms with E-state index in [0.29, 0.717) is 11.1 Å². The van der Waals surface area contributed by atoms with Crippen LogP contribution >= 0.6 is 0 Å². The van der Waals surface area contributed by atoms with Crippen molar-refractivity contribution < 1.29 is 9.15 Å². The third kappa shape index (κ3) is 2.16. The van der Waals surface area contributed by atoms with Gasteiger partial charge < -0.3 is 9.15 Å². The number of hydrogen-bond acceptors (Lipinski definition) is 4. The number of benzene rings is 1. The number of nitrogens with zero attached hydrogens (tertiary/aromatic N) is 1. The first-order chi connectivity index (χ1) is 9.67. The topological polar surface area (TPSA) is 52.3 Å². The highest BCUT2D eigenvalue weighted by atomic mass is 16.5. The van der Waals surface area contributed by atoms with E-state index in [-0.39, 0.29) is 5.63 Å². The Bertz CT molecular complexity index is 819. The lowest BCUT2D eigenvalue weighted by atomic mass is 10.1. The lowest BCUT2D eigenvalue weighted by molar-refractivity contribution is 0.415. The standard InChI is InChI=1S/C16H13NO3/c1-10-3-8-14-16(17-10)13(9-15(18)20-14)11-4-6-12(19-2)7-5-11/h3-9H,1-2H3. The van der Waals surface area contributed by atoms with Gasteiger partial charge in [0.05, 0.1) is 7.11 Å². The number of aromatic nitrogens is 1. The molecule has 1 aromatic carbocycles. The Kier molecular flexibility index (Phi) is 2.99. The zero-order valence-electron chi connectivity index (χ0n) is 11.2. The van der Waals surface area contributed by atoms with Crippen molar-refractivity contribution in [1.82, 2.24) is 4.98 Å². The van der Waals surface area contributed by atoms with E-state index < -0.39 is 0 Å². The van der Waals surface area contributed by atoms with E-state index in [2.05, 4.69) is 4.98 Å². The van der Waals surface area contributed by atoms with Gasteiger partial charge in [0.25, 0.3) is 0 Å². The van der Waals surface area contributed by atoms with Crippen molar-refractivity contribution in [2.75, 3.05) is 7.11 Å². The minimum Gasteiger partial charge on any atom is -0.497 e. The van der Waals surface area contributed by atoms with E-state index in [1.54, 1.807) is 13.2 Å². The van der Waals surface area contributed by atoms with Crippen molar-refractivity contribution in [1.29, 1.82) is 0 Å². The maximum Gasteiger partial charge on any atom is 0.336 e. The minimum absolute atomic E-state index is 0.381. The van der Waals surface area contributed by atoms with Gasteiger partial charge in [-0.2, -0.15) is 0 Å². The summed E-state index contributed by atoms with van der Waals surface area (Å²) in [5.74, 6) is 0.769.